The third-order valence-corrected chi connectivity index (χ3v) is 3.49. The molecular weight excluding hydrogens is 198 g/mol. The van der Waals surface area contributed by atoms with Gasteiger partial charge in [-0.3, -0.25) is 0 Å². The molecular formula is C14H21NO. The van der Waals surface area contributed by atoms with Crippen molar-refractivity contribution in [1.29, 1.82) is 0 Å². The molecule has 1 aliphatic carbocycles. The molecule has 2 heteroatoms. The van der Waals surface area contributed by atoms with Crippen LogP contribution < -0.4 is 5.32 Å². The van der Waals surface area contributed by atoms with Crippen LogP contribution in [0.1, 0.15) is 36.9 Å². The molecule has 16 heavy (non-hydrogen) atoms. The van der Waals surface area contributed by atoms with Gasteiger partial charge in [0.1, 0.15) is 0 Å². The second kappa shape index (κ2) is 4.98. The topological polar surface area (TPSA) is 21.3 Å². The van der Waals surface area contributed by atoms with E-state index in [2.05, 4.69) is 43.4 Å². The summed E-state index contributed by atoms with van der Waals surface area (Å²) < 4.78 is 5.28. The normalized spacial score (nSPS) is 26.2. The van der Waals surface area contributed by atoms with E-state index in [1.165, 1.54) is 11.1 Å². The minimum atomic E-state index is 0.434. The first-order chi connectivity index (χ1) is 7.69. The molecule has 0 amide bonds. The largest absolute Gasteiger partial charge is 0.381 e. The van der Waals surface area contributed by atoms with Crippen molar-refractivity contribution < 1.29 is 4.74 Å². The highest BCUT2D eigenvalue weighted by molar-refractivity contribution is 5.23. The number of ether oxygens (including phenoxy) is 1. The van der Waals surface area contributed by atoms with Crippen LogP contribution in [-0.4, -0.2) is 19.3 Å². The second-order valence-corrected chi connectivity index (χ2v) is 4.83. The van der Waals surface area contributed by atoms with E-state index in [-0.39, 0.29) is 0 Å². The minimum Gasteiger partial charge on any atom is -0.381 e. The summed E-state index contributed by atoms with van der Waals surface area (Å²) in [5.74, 6) is 0. The van der Waals surface area contributed by atoms with Gasteiger partial charge in [-0.05, 0) is 32.3 Å². The summed E-state index contributed by atoms with van der Waals surface area (Å²) in [5, 5.41) is 3.64. The Morgan fingerprint density at radius 1 is 1.25 bits per heavy atom. The van der Waals surface area contributed by atoms with Crippen LogP contribution in [0, 0.1) is 6.92 Å². The molecule has 1 fully saturated rings. The Hall–Kier alpha value is -0.860. The summed E-state index contributed by atoms with van der Waals surface area (Å²) in [4.78, 5) is 0. The van der Waals surface area contributed by atoms with Crippen LogP contribution in [0.3, 0.4) is 0 Å². The molecule has 0 heterocycles. The average Bonchev–Trinajstić information content (AvgIpc) is 2.23. The predicted octanol–water partition coefficient (Wildman–Crippen LogP) is 2.82. The summed E-state index contributed by atoms with van der Waals surface area (Å²) in [7, 11) is 1.80. The van der Waals surface area contributed by atoms with Crippen LogP contribution in [0.15, 0.2) is 24.3 Å². The lowest BCUT2D eigenvalue weighted by molar-refractivity contribution is 0.0147. The number of methoxy groups -OCH3 is 1. The standard InChI is InChI=1S/C14H21NO/c1-10-4-6-12(7-5-10)11(2)15-13-8-14(9-13)16-3/h4-7,11,13-15H,8-9H2,1-3H3/t11-,13?,14?/m1/s1. The first-order valence-electron chi connectivity index (χ1n) is 6.04. The highest BCUT2D eigenvalue weighted by Crippen LogP contribution is 2.25. The third-order valence-electron chi connectivity index (χ3n) is 3.49. The van der Waals surface area contributed by atoms with Gasteiger partial charge in [-0.1, -0.05) is 29.8 Å². The molecule has 0 spiro atoms. The monoisotopic (exact) mass is 219 g/mol. The molecule has 1 aliphatic rings. The second-order valence-electron chi connectivity index (χ2n) is 4.83. The lowest BCUT2D eigenvalue weighted by atomic mass is 9.88. The van der Waals surface area contributed by atoms with Gasteiger partial charge >= 0.3 is 0 Å². The summed E-state index contributed by atoms with van der Waals surface area (Å²) in [6.07, 6.45) is 2.77. The van der Waals surface area contributed by atoms with Crippen molar-refractivity contribution in [2.24, 2.45) is 0 Å². The number of rotatable bonds is 4. The molecule has 88 valence electrons. The Kier molecular flexibility index (Phi) is 3.62. The van der Waals surface area contributed by atoms with Crippen LogP contribution in [0.5, 0.6) is 0 Å². The molecule has 1 saturated carbocycles. The van der Waals surface area contributed by atoms with Crippen molar-refractivity contribution in [1.82, 2.24) is 5.32 Å². The van der Waals surface area contributed by atoms with E-state index in [1.54, 1.807) is 7.11 Å². The van der Waals surface area contributed by atoms with Crippen LogP contribution in [-0.2, 0) is 4.74 Å². The van der Waals surface area contributed by atoms with Crippen molar-refractivity contribution >= 4 is 0 Å². The maximum atomic E-state index is 5.28. The zero-order valence-electron chi connectivity index (χ0n) is 10.4. The van der Waals surface area contributed by atoms with Crippen LogP contribution >= 0.6 is 0 Å². The highest BCUT2D eigenvalue weighted by atomic mass is 16.5. The Labute approximate surface area is 98.0 Å². The van der Waals surface area contributed by atoms with E-state index in [0.717, 1.165) is 12.8 Å². The van der Waals surface area contributed by atoms with Crippen LogP contribution in [0.4, 0.5) is 0 Å². The maximum Gasteiger partial charge on any atom is 0.0601 e. The van der Waals surface area contributed by atoms with Crippen molar-refractivity contribution in [3.8, 4) is 0 Å². The SMILES string of the molecule is COC1CC(N[C@H](C)c2ccc(C)cc2)C1. The van der Waals surface area contributed by atoms with Crippen LogP contribution in [0.25, 0.3) is 0 Å². The van der Waals surface area contributed by atoms with Crippen molar-refractivity contribution in [3.05, 3.63) is 35.4 Å². The lowest BCUT2D eigenvalue weighted by Gasteiger charge is -2.36. The third kappa shape index (κ3) is 2.63. The molecule has 2 nitrogen and oxygen atoms in total. The number of hydrogen-bond donors (Lipinski definition) is 1. The first kappa shape index (κ1) is 11.6. The molecule has 1 aromatic carbocycles. The Balaban J connectivity index is 1.84. The van der Waals surface area contributed by atoms with Gasteiger partial charge in [-0.15, -0.1) is 0 Å². The number of hydrogen-bond acceptors (Lipinski definition) is 2. The summed E-state index contributed by atoms with van der Waals surface area (Å²) in [6, 6.07) is 9.82. The molecule has 0 radical (unpaired) electrons. The average molecular weight is 219 g/mol. The van der Waals surface area contributed by atoms with Gasteiger partial charge in [0.15, 0.2) is 0 Å². The number of aryl methyl sites for hydroxylation is 1. The van der Waals surface area contributed by atoms with Gasteiger partial charge in [0.05, 0.1) is 6.10 Å². The van der Waals surface area contributed by atoms with Crippen molar-refractivity contribution in [2.45, 2.75) is 44.9 Å². The van der Waals surface area contributed by atoms with Gasteiger partial charge in [0.25, 0.3) is 0 Å². The number of nitrogens with one attached hydrogen (secondary N) is 1. The fourth-order valence-corrected chi connectivity index (χ4v) is 2.20. The zero-order valence-corrected chi connectivity index (χ0v) is 10.4. The quantitative estimate of drug-likeness (QED) is 0.840. The van der Waals surface area contributed by atoms with Gasteiger partial charge in [-0.2, -0.15) is 0 Å². The molecule has 2 rings (SSSR count). The van der Waals surface area contributed by atoms with E-state index in [0.29, 0.717) is 18.2 Å². The van der Waals surface area contributed by atoms with Gasteiger partial charge in [0, 0.05) is 19.2 Å². The number of benzene rings is 1. The molecule has 1 atom stereocenters. The van der Waals surface area contributed by atoms with E-state index >= 15 is 0 Å². The molecule has 1 aromatic rings. The Morgan fingerprint density at radius 2 is 1.88 bits per heavy atom. The highest BCUT2D eigenvalue weighted by Gasteiger charge is 2.29. The van der Waals surface area contributed by atoms with E-state index < -0.39 is 0 Å². The minimum absolute atomic E-state index is 0.434. The molecule has 0 bridgehead atoms. The summed E-state index contributed by atoms with van der Waals surface area (Å²) in [6.45, 7) is 4.35. The van der Waals surface area contributed by atoms with Crippen molar-refractivity contribution in [3.63, 3.8) is 0 Å². The Morgan fingerprint density at radius 3 is 2.44 bits per heavy atom. The molecule has 1 N–H and O–H groups in total. The maximum absolute atomic E-state index is 5.28. The molecule has 0 aliphatic heterocycles. The van der Waals surface area contributed by atoms with E-state index in [9.17, 15) is 0 Å². The Bertz CT molecular complexity index is 327. The van der Waals surface area contributed by atoms with E-state index in [1.807, 2.05) is 0 Å². The van der Waals surface area contributed by atoms with Gasteiger partial charge in [0.2, 0.25) is 0 Å². The predicted molar refractivity (Wildman–Crippen MR) is 66.5 cm³/mol. The molecule has 0 aromatic heterocycles. The van der Waals surface area contributed by atoms with E-state index in [4.69, 9.17) is 4.74 Å². The fourth-order valence-electron chi connectivity index (χ4n) is 2.20. The molecule has 0 unspecified atom stereocenters. The smallest absolute Gasteiger partial charge is 0.0601 e. The van der Waals surface area contributed by atoms with Crippen LogP contribution in [0.2, 0.25) is 0 Å². The zero-order chi connectivity index (χ0) is 11.5. The fraction of sp³-hybridized carbons (Fsp3) is 0.571. The summed E-state index contributed by atoms with van der Waals surface area (Å²) >= 11 is 0. The van der Waals surface area contributed by atoms with Gasteiger partial charge < -0.3 is 10.1 Å². The first-order valence-corrected chi connectivity index (χ1v) is 6.04. The lowest BCUT2D eigenvalue weighted by Crippen LogP contribution is -2.45. The van der Waals surface area contributed by atoms with Gasteiger partial charge in [-0.25, -0.2) is 0 Å². The molecule has 0 saturated heterocycles. The van der Waals surface area contributed by atoms with Crippen molar-refractivity contribution in [2.75, 3.05) is 7.11 Å². The summed E-state index contributed by atoms with van der Waals surface area (Å²) in [5.41, 5.74) is 2.69.